The van der Waals surface area contributed by atoms with E-state index in [0.717, 1.165) is 26.1 Å². The number of nitrogens with zero attached hydrogens (tertiary/aromatic N) is 1. The second kappa shape index (κ2) is 8.73. The van der Waals surface area contributed by atoms with Crippen LogP contribution in [0, 0.1) is 5.82 Å². The van der Waals surface area contributed by atoms with Gasteiger partial charge in [-0.1, -0.05) is 12.8 Å². The summed E-state index contributed by atoms with van der Waals surface area (Å²) in [6.07, 6.45) is 6.13. The number of ether oxygens (including phenoxy) is 1. The fourth-order valence-corrected chi connectivity index (χ4v) is 2.77. The van der Waals surface area contributed by atoms with Crippen molar-refractivity contribution in [3.05, 3.63) is 29.6 Å². The summed E-state index contributed by atoms with van der Waals surface area (Å²) in [5.74, 6) is -0.602. The molecule has 1 aliphatic heterocycles. The van der Waals surface area contributed by atoms with E-state index in [0.29, 0.717) is 12.1 Å². The van der Waals surface area contributed by atoms with Gasteiger partial charge in [0.05, 0.1) is 7.11 Å². The highest BCUT2D eigenvalue weighted by molar-refractivity contribution is 5.94. The van der Waals surface area contributed by atoms with E-state index in [2.05, 4.69) is 10.2 Å². The third-order valence-electron chi connectivity index (χ3n) is 4.05. The molecule has 22 heavy (non-hydrogen) atoms. The molecule has 122 valence electrons. The smallest absolute Gasteiger partial charge is 0.251 e. The highest BCUT2D eigenvalue weighted by atomic mass is 19.1. The molecule has 4 nitrogen and oxygen atoms in total. The molecule has 0 saturated carbocycles. The molecule has 1 N–H and O–H groups in total. The van der Waals surface area contributed by atoms with E-state index in [1.807, 2.05) is 0 Å². The summed E-state index contributed by atoms with van der Waals surface area (Å²) in [6.45, 7) is 3.95. The Morgan fingerprint density at radius 1 is 1.27 bits per heavy atom. The van der Waals surface area contributed by atoms with Crippen molar-refractivity contribution in [1.82, 2.24) is 10.2 Å². The van der Waals surface area contributed by atoms with Crippen molar-refractivity contribution < 1.29 is 13.9 Å². The zero-order chi connectivity index (χ0) is 15.8. The number of likely N-dealkylation sites (tertiary alicyclic amines) is 1. The second-order valence-electron chi connectivity index (χ2n) is 5.71. The van der Waals surface area contributed by atoms with Crippen LogP contribution in [0.2, 0.25) is 0 Å². The van der Waals surface area contributed by atoms with Gasteiger partial charge < -0.3 is 15.0 Å². The first-order valence-corrected chi connectivity index (χ1v) is 8.05. The predicted molar refractivity (Wildman–Crippen MR) is 84.8 cm³/mol. The zero-order valence-electron chi connectivity index (χ0n) is 13.2. The van der Waals surface area contributed by atoms with Crippen LogP contribution in [-0.2, 0) is 0 Å². The normalized spacial score (nSPS) is 16.1. The van der Waals surface area contributed by atoms with Gasteiger partial charge in [-0.15, -0.1) is 0 Å². The van der Waals surface area contributed by atoms with Gasteiger partial charge in [-0.2, -0.15) is 0 Å². The van der Waals surface area contributed by atoms with Crippen molar-refractivity contribution in [2.75, 3.05) is 33.3 Å². The summed E-state index contributed by atoms with van der Waals surface area (Å²) in [4.78, 5) is 14.4. The number of hydrogen-bond donors (Lipinski definition) is 1. The maximum atomic E-state index is 13.6. The number of carbonyl (C=O) groups is 1. The van der Waals surface area contributed by atoms with Crippen LogP contribution < -0.4 is 10.1 Å². The van der Waals surface area contributed by atoms with Crippen LogP contribution in [0.25, 0.3) is 0 Å². The summed E-state index contributed by atoms with van der Waals surface area (Å²) in [5, 5.41) is 2.85. The Morgan fingerprint density at radius 3 is 2.64 bits per heavy atom. The molecular weight excluding hydrogens is 283 g/mol. The Bertz CT molecular complexity index is 486. The molecule has 1 amide bonds. The second-order valence-corrected chi connectivity index (χ2v) is 5.71. The standard InChI is InChI=1S/C17H25FN2O2/c1-22-16-8-7-14(13-15(16)18)17(21)19-9-6-12-20-10-4-2-3-5-11-20/h7-8,13H,2-6,9-12H2,1H3,(H,19,21). The van der Waals surface area contributed by atoms with Gasteiger partial charge in [0.15, 0.2) is 11.6 Å². The molecule has 1 aromatic rings. The molecule has 2 rings (SSSR count). The average molecular weight is 308 g/mol. The van der Waals surface area contributed by atoms with E-state index >= 15 is 0 Å². The Balaban J connectivity index is 1.72. The lowest BCUT2D eigenvalue weighted by atomic mass is 10.2. The lowest BCUT2D eigenvalue weighted by Gasteiger charge is -2.19. The van der Waals surface area contributed by atoms with Crippen LogP contribution >= 0.6 is 0 Å². The van der Waals surface area contributed by atoms with E-state index in [-0.39, 0.29) is 11.7 Å². The maximum absolute atomic E-state index is 13.6. The summed E-state index contributed by atoms with van der Waals surface area (Å²) < 4.78 is 18.4. The van der Waals surface area contributed by atoms with Crippen molar-refractivity contribution >= 4 is 5.91 Å². The molecule has 5 heteroatoms. The first kappa shape index (κ1) is 16.7. The van der Waals surface area contributed by atoms with Crippen LogP contribution in [0.3, 0.4) is 0 Å². The minimum Gasteiger partial charge on any atom is -0.494 e. The summed E-state index contributed by atoms with van der Waals surface area (Å²) in [6, 6.07) is 4.26. The number of hydrogen-bond acceptors (Lipinski definition) is 3. The number of nitrogens with one attached hydrogen (secondary N) is 1. The molecule has 0 unspecified atom stereocenters. The summed E-state index contributed by atoms with van der Waals surface area (Å²) >= 11 is 0. The van der Waals surface area contributed by atoms with Gasteiger partial charge in [-0.05, 0) is 57.1 Å². The molecule has 0 aliphatic carbocycles. The highest BCUT2D eigenvalue weighted by Crippen LogP contribution is 2.17. The van der Waals surface area contributed by atoms with E-state index in [4.69, 9.17) is 4.74 Å². The minimum atomic E-state index is -0.514. The average Bonchev–Trinajstić information content (AvgIpc) is 2.80. The Morgan fingerprint density at radius 2 is 2.00 bits per heavy atom. The lowest BCUT2D eigenvalue weighted by molar-refractivity contribution is 0.0951. The number of rotatable bonds is 6. The third kappa shape index (κ3) is 4.98. The van der Waals surface area contributed by atoms with Gasteiger partial charge in [0.25, 0.3) is 5.91 Å². The van der Waals surface area contributed by atoms with Crippen LogP contribution in [-0.4, -0.2) is 44.1 Å². The number of carbonyl (C=O) groups excluding carboxylic acids is 1. The molecule has 0 spiro atoms. The van der Waals surface area contributed by atoms with Gasteiger partial charge in [0.2, 0.25) is 0 Å². The Labute approximate surface area is 131 Å². The van der Waals surface area contributed by atoms with Gasteiger partial charge in [0, 0.05) is 12.1 Å². The van der Waals surface area contributed by atoms with Gasteiger partial charge in [0.1, 0.15) is 0 Å². The van der Waals surface area contributed by atoms with Gasteiger partial charge in [-0.25, -0.2) is 4.39 Å². The Hall–Kier alpha value is -1.62. The largest absolute Gasteiger partial charge is 0.494 e. The molecule has 0 bridgehead atoms. The lowest BCUT2D eigenvalue weighted by Crippen LogP contribution is -2.30. The van der Waals surface area contributed by atoms with Crippen LogP contribution in [0.1, 0.15) is 42.5 Å². The minimum absolute atomic E-state index is 0.151. The third-order valence-corrected chi connectivity index (χ3v) is 4.05. The number of amides is 1. The molecule has 0 aromatic heterocycles. The molecule has 1 aromatic carbocycles. The SMILES string of the molecule is COc1ccc(C(=O)NCCCN2CCCCCC2)cc1F. The van der Waals surface area contributed by atoms with E-state index in [1.165, 1.54) is 44.9 Å². The van der Waals surface area contributed by atoms with Crippen molar-refractivity contribution in [3.63, 3.8) is 0 Å². The summed E-state index contributed by atoms with van der Waals surface area (Å²) in [7, 11) is 1.40. The van der Waals surface area contributed by atoms with Crippen LogP contribution in [0.15, 0.2) is 18.2 Å². The fourth-order valence-electron chi connectivity index (χ4n) is 2.77. The molecule has 0 atom stereocenters. The fraction of sp³-hybridized carbons (Fsp3) is 0.588. The van der Waals surface area contributed by atoms with Crippen molar-refractivity contribution in [2.24, 2.45) is 0 Å². The molecule has 0 radical (unpaired) electrons. The summed E-state index contributed by atoms with van der Waals surface area (Å²) in [5.41, 5.74) is 0.327. The Kier molecular flexibility index (Phi) is 6.65. The monoisotopic (exact) mass is 308 g/mol. The van der Waals surface area contributed by atoms with Crippen LogP contribution in [0.5, 0.6) is 5.75 Å². The van der Waals surface area contributed by atoms with Crippen molar-refractivity contribution in [2.45, 2.75) is 32.1 Å². The van der Waals surface area contributed by atoms with Gasteiger partial charge >= 0.3 is 0 Å². The predicted octanol–water partition coefficient (Wildman–Crippen LogP) is 2.83. The van der Waals surface area contributed by atoms with E-state index in [1.54, 1.807) is 6.07 Å². The topological polar surface area (TPSA) is 41.6 Å². The van der Waals surface area contributed by atoms with Crippen molar-refractivity contribution in [1.29, 1.82) is 0 Å². The number of halogens is 1. The number of methoxy groups -OCH3 is 1. The van der Waals surface area contributed by atoms with Crippen LogP contribution in [0.4, 0.5) is 4.39 Å². The molecule has 1 fully saturated rings. The first-order valence-electron chi connectivity index (χ1n) is 8.05. The highest BCUT2D eigenvalue weighted by Gasteiger charge is 2.11. The first-order chi connectivity index (χ1) is 10.7. The molecule has 1 heterocycles. The molecule has 1 aliphatic rings. The quantitative estimate of drug-likeness (QED) is 0.822. The van der Waals surface area contributed by atoms with Gasteiger partial charge in [-0.3, -0.25) is 4.79 Å². The van der Waals surface area contributed by atoms with E-state index in [9.17, 15) is 9.18 Å². The molecule has 1 saturated heterocycles. The maximum Gasteiger partial charge on any atom is 0.251 e. The van der Waals surface area contributed by atoms with E-state index < -0.39 is 5.82 Å². The zero-order valence-corrected chi connectivity index (χ0v) is 13.2. The molecular formula is C17H25FN2O2. The van der Waals surface area contributed by atoms with Crippen molar-refractivity contribution in [3.8, 4) is 5.75 Å². The number of benzene rings is 1.